The van der Waals surface area contributed by atoms with Crippen molar-refractivity contribution in [2.75, 3.05) is 20.2 Å². The molecule has 24 heavy (non-hydrogen) atoms. The third-order valence-corrected chi connectivity index (χ3v) is 5.77. The number of rotatable bonds is 5. The van der Waals surface area contributed by atoms with E-state index in [0.29, 0.717) is 18.2 Å². The third-order valence-electron chi connectivity index (χ3n) is 3.87. The Morgan fingerprint density at radius 3 is 2.83 bits per heavy atom. The van der Waals surface area contributed by atoms with Crippen molar-refractivity contribution in [2.45, 2.75) is 23.8 Å². The van der Waals surface area contributed by atoms with Crippen molar-refractivity contribution in [2.24, 2.45) is 0 Å². The molecular weight excluding hydrogens is 330 g/mol. The topological polar surface area (TPSA) is 81.6 Å². The molecule has 3 rings (SSSR count). The van der Waals surface area contributed by atoms with E-state index in [2.05, 4.69) is 9.97 Å². The maximum Gasteiger partial charge on any atom is 0.246 e. The molecular formula is C16H19N3O4S. The highest BCUT2D eigenvalue weighted by Crippen LogP contribution is 2.28. The van der Waals surface area contributed by atoms with Gasteiger partial charge in [-0.1, -0.05) is 12.1 Å². The fraction of sp³-hybridized carbons (Fsp3) is 0.375. The Morgan fingerprint density at radius 1 is 1.25 bits per heavy atom. The largest absolute Gasteiger partial charge is 0.495 e. The van der Waals surface area contributed by atoms with Crippen LogP contribution >= 0.6 is 0 Å². The molecule has 0 bridgehead atoms. The minimum Gasteiger partial charge on any atom is -0.495 e. The van der Waals surface area contributed by atoms with Crippen LogP contribution in [0.25, 0.3) is 0 Å². The van der Waals surface area contributed by atoms with E-state index >= 15 is 0 Å². The quantitative estimate of drug-likeness (QED) is 0.817. The second kappa shape index (κ2) is 7.14. The molecule has 2 aromatic rings. The van der Waals surface area contributed by atoms with E-state index in [1.807, 2.05) is 0 Å². The normalized spacial score (nSPS) is 19.0. The number of piperidine rings is 1. The van der Waals surface area contributed by atoms with Crippen LogP contribution in [-0.4, -0.2) is 49.0 Å². The average molecular weight is 349 g/mol. The highest BCUT2D eigenvalue weighted by atomic mass is 32.2. The summed E-state index contributed by atoms with van der Waals surface area (Å²) in [5.74, 6) is 0.794. The molecule has 1 atom stereocenters. The van der Waals surface area contributed by atoms with Gasteiger partial charge in [0.1, 0.15) is 23.1 Å². The van der Waals surface area contributed by atoms with Crippen molar-refractivity contribution in [1.29, 1.82) is 0 Å². The van der Waals surface area contributed by atoms with Crippen LogP contribution in [0.2, 0.25) is 0 Å². The minimum atomic E-state index is -3.63. The summed E-state index contributed by atoms with van der Waals surface area (Å²) in [7, 11) is -2.17. The second-order valence-corrected chi connectivity index (χ2v) is 7.35. The molecule has 0 amide bonds. The zero-order chi connectivity index (χ0) is 17.0. The molecule has 1 unspecified atom stereocenters. The molecule has 0 N–H and O–H groups in total. The van der Waals surface area contributed by atoms with Gasteiger partial charge in [0, 0.05) is 18.8 Å². The predicted octanol–water partition coefficient (Wildman–Crippen LogP) is 1.72. The highest BCUT2D eigenvalue weighted by Gasteiger charge is 2.33. The lowest BCUT2D eigenvalue weighted by atomic mass is 10.1. The van der Waals surface area contributed by atoms with Crippen LogP contribution in [-0.2, 0) is 10.0 Å². The lowest BCUT2D eigenvalue weighted by Crippen LogP contribution is -2.44. The van der Waals surface area contributed by atoms with Crippen LogP contribution in [0.3, 0.4) is 0 Å². The molecule has 1 fully saturated rings. The number of aromatic nitrogens is 2. The lowest BCUT2D eigenvalue weighted by molar-refractivity contribution is 0.124. The zero-order valence-corrected chi connectivity index (χ0v) is 14.1. The Labute approximate surface area is 141 Å². The van der Waals surface area contributed by atoms with Crippen LogP contribution < -0.4 is 9.47 Å². The molecule has 1 aliphatic heterocycles. The first kappa shape index (κ1) is 16.7. The lowest BCUT2D eigenvalue weighted by Gasteiger charge is -2.32. The standard InChI is InChI=1S/C16H19N3O4S/c1-22-14-6-2-3-7-15(14)24(20,21)19-10-4-5-13(11-19)23-16-8-9-17-12-18-16/h2-3,6-9,12-13H,4-5,10-11H2,1H3. The molecule has 0 aliphatic carbocycles. The van der Waals surface area contributed by atoms with Gasteiger partial charge in [-0.2, -0.15) is 4.31 Å². The van der Waals surface area contributed by atoms with E-state index < -0.39 is 10.0 Å². The minimum absolute atomic E-state index is 0.176. The average Bonchev–Trinajstić information content (AvgIpc) is 2.63. The van der Waals surface area contributed by atoms with Gasteiger partial charge in [0.05, 0.1) is 13.7 Å². The Bertz CT molecular complexity index is 783. The van der Waals surface area contributed by atoms with Gasteiger partial charge < -0.3 is 9.47 Å². The summed E-state index contributed by atoms with van der Waals surface area (Å²) >= 11 is 0. The van der Waals surface area contributed by atoms with Crippen LogP contribution in [0, 0.1) is 0 Å². The summed E-state index contributed by atoms with van der Waals surface area (Å²) in [6.45, 7) is 0.744. The fourth-order valence-corrected chi connectivity index (χ4v) is 4.38. The maximum atomic E-state index is 12.9. The highest BCUT2D eigenvalue weighted by molar-refractivity contribution is 7.89. The van der Waals surface area contributed by atoms with Crippen molar-refractivity contribution >= 4 is 10.0 Å². The number of hydrogen-bond acceptors (Lipinski definition) is 6. The first-order chi connectivity index (χ1) is 11.6. The SMILES string of the molecule is COc1ccccc1S(=O)(=O)N1CCCC(Oc2ccncn2)C1. The number of hydrogen-bond donors (Lipinski definition) is 0. The summed E-state index contributed by atoms with van der Waals surface area (Å²) in [6.07, 6.45) is 4.26. The molecule has 7 nitrogen and oxygen atoms in total. The van der Waals surface area contributed by atoms with Gasteiger partial charge in [-0.15, -0.1) is 0 Å². The number of nitrogens with zero attached hydrogens (tertiary/aromatic N) is 3. The van der Waals surface area contributed by atoms with Gasteiger partial charge in [0.25, 0.3) is 0 Å². The fourth-order valence-electron chi connectivity index (χ4n) is 2.71. The molecule has 1 aliphatic rings. The van der Waals surface area contributed by atoms with Crippen LogP contribution in [0.1, 0.15) is 12.8 Å². The Hall–Kier alpha value is -2.19. The van der Waals surface area contributed by atoms with Gasteiger partial charge in [0.15, 0.2) is 0 Å². The second-order valence-electron chi connectivity index (χ2n) is 5.44. The van der Waals surface area contributed by atoms with E-state index in [1.165, 1.54) is 17.7 Å². The summed E-state index contributed by atoms with van der Waals surface area (Å²) < 4.78 is 38.3. The summed E-state index contributed by atoms with van der Waals surface area (Å²) in [5, 5.41) is 0. The van der Waals surface area contributed by atoms with Crippen molar-refractivity contribution in [3.8, 4) is 11.6 Å². The van der Waals surface area contributed by atoms with E-state index in [-0.39, 0.29) is 17.5 Å². The molecule has 0 spiro atoms. The summed E-state index contributed by atoms with van der Waals surface area (Å²) in [5.41, 5.74) is 0. The van der Waals surface area contributed by atoms with E-state index in [1.54, 1.807) is 36.5 Å². The van der Waals surface area contributed by atoms with Crippen LogP contribution in [0.4, 0.5) is 0 Å². The zero-order valence-electron chi connectivity index (χ0n) is 13.3. The molecule has 0 radical (unpaired) electrons. The van der Waals surface area contributed by atoms with E-state index in [9.17, 15) is 8.42 Å². The Balaban J connectivity index is 1.78. The molecule has 128 valence electrons. The van der Waals surface area contributed by atoms with Crippen molar-refractivity contribution in [3.05, 3.63) is 42.9 Å². The van der Waals surface area contributed by atoms with E-state index in [0.717, 1.165) is 12.8 Å². The smallest absolute Gasteiger partial charge is 0.246 e. The van der Waals surface area contributed by atoms with Gasteiger partial charge in [0.2, 0.25) is 15.9 Å². The molecule has 8 heteroatoms. The number of benzene rings is 1. The summed E-state index contributed by atoms with van der Waals surface area (Å²) in [4.78, 5) is 8.04. The van der Waals surface area contributed by atoms with Crippen molar-refractivity contribution < 1.29 is 17.9 Å². The molecule has 1 aromatic heterocycles. The molecule has 1 aromatic carbocycles. The third kappa shape index (κ3) is 3.49. The number of ether oxygens (including phenoxy) is 2. The van der Waals surface area contributed by atoms with Gasteiger partial charge in [-0.05, 0) is 25.0 Å². The van der Waals surface area contributed by atoms with Gasteiger partial charge >= 0.3 is 0 Å². The first-order valence-corrected chi connectivity index (χ1v) is 9.11. The van der Waals surface area contributed by atoms with Gasteiger partial charge in [-0.3, -0.25) is 0 Å². The Morgan fingerprint density at radius 2 is 2.08 bits per heavy atom. The van der Waals surface area contributed by atoms with Crippen molar-refractivity contribution in [1.82, 2.24) is 14.3 Å². The number of methoxy groups -OCH3 is 1. The monoisotopic (exact) mass is 349 g/mol. The van der Waals surface area contributed by atoms with Crippen molar-refractivity contribution in [3.63, 3.8) is 0 Å². The maximum absolute atomic E-state index is 12.9. The number of sulfonamides is 1. The molecule has 1 saturated heterocycles. The number of para-hydroxylation sites is 1. The van der Waals surface area contributed by atoms with Crippen LogP contribution in [0.15, 0.2) is 47.8 Å². The van der Waals surface area contributed by atoms with Crippen LogP contribution in [0.5, 0.6) is 11.6 Å². The summed E-state index contributed by atoms with van der Waals surface area (Å²) in [6, 6.07) is 8.30. The molecule has 2 heterocycles. The van der Waals surface area contributed by atoms with E-state index in [4.69, 9.17) is 9.47 Å². The van der Waals surface area contributed by atoms with Gasteiger partial charge in [-0.25, -0.2) is 18.4 Å². The Kier molecular flexibility index (Phi) is 4.96. The molecule has 0 saturated carbocycles. The predicted molar refractivity (Wildman–Crippen MR) is 87.4 cm³/mol. The first-order valence-electron chi connectivity index (χ1n) is 7.67.